The molecule has 0 spiro atoms. The number of aliphatic imine (C=N–C) groups is 1. The Morgan fingerprint density at radius 3 is 2.96 bits per heavy atom. The molecule has 8 heteroatoms. The van der Waals surface area contributed by atoms with Gasteiger partial charge in [0.2, 0.25) is 16.2 Å². The third-order valence-electron chi connectivity index (χ3n) is 3.08. The fourth-order valence-electron chi connectivity index (χ4n) is 2.04. The summed E-state index contributed by atoms with van der Waals surface area (Å²) in [7, 11) is 0. The highest BCUT2D eigenvalue weighted by Crippen LogP contribution is 2.24. The van der Waals surface area contributed by atoms with E-state index < -0.39 is 0 Å². The van der Waals surface area contributed by atoms with Crippen LogP contribution in [0.25, 0.3) is 10.8 Å². The Hall–Kier alpha value is -2.19. The molecule has 2 aromatic heterocycles. The SMILES string of the molecule is CCCSc1nsc(/N=C/c2c(O)[nH]c(=O)c3ccccc23)n1. The van der Waals surface area contributed by atoms with Crippen LogP contribution in [0.4, 0.5) is 5.13 Å². The minimum Gasteiger partial charge on any atom is -0.494 e. The van der Waals surface area contributed by atoms with Gasteiger partial charge in [0.1, 0.15) is 0 Å². The number of rotatable bonds is 5. The molecular formula is C15H14N4O2S2. The molecule has 0 atom stereocenters. The van der Waals surface area contributed by atoms with Crippen LogP contribution in [0, 0.1) is 0 Å². The quantitative estimate of drug-likeness (QED) is 0.546. The van der Waals surface area contributed by atoms with Crippen LogP contribution >= 0.6 is 23.3 Å². The van der Waals surface area contributed by atoms with E-state index in [0.717, 1.165) is 12.2 Å². The van der Waals surface area contributed by atoms with Crippen LogP contribution in [0.3, 0.4) is 0 Å². The normalized spacial score (nSPS) is 11.5. The highest BCUT2D eigenvalue weighted by molar-refractivity contribution is 7.99. The minimum absolute atomic E-state index is 0.206. The van der Waals surface area contributed by atoms with Gasteiger partial charge < -0.3 is 5.11 Å². The smallest absolute Gasteiger partial charge is 0.258 e. The van der Waals surface area contributed by atoms with Crippen molar-refractivity contribution in [2.45, 2.75) is 18.5 Å². The van der Waals surface area contributed by atoms with Crippen molar-refractivity contribution in [3.05, 3.63) is 40.2 Å². The van der Waals surface area contributed by atoms with Gasteiger partial charge in [-0.25, -0.2) is 4.99 Å². The van der Waals surface area contributed by atoms with Crippen LogP contribution in [0.2, 0.25) is 0 Å². The van der Waals surface area contributed by atoms with Gasteiger partial charge in [0.25, 0.3) is 5.56 Å². The van der Waals surface area contributed by atoms with E-state index in [1.807, 2.05) is 6.07 Å². The van der Waals surface area contributed by atoms with E-state index in [1.54, 1.807) is 30.0 Å². The summed E-state index contributed by atoms with van der Waals surface area (Å²) < 4.78 is 4.22. The van der Waals surface area contributed by atoms with Gasteiger partial charge in [-0.3, -0.25) is 9.78 Å². The Kier molecular flexibility index (Phi) is 4.73. The van der Waals surface area contributed by atoms with Gasteiger partial charge in [0.05, 0.1) is 5.56 Å². The van der Waals surface area contributed by atoms with Crippen molar-refractivity contribution in [1.82, 2.24) is 14.3 Å². The summed E-state index contributed by atoms with van der Waals surface area (Å²) in [6, 6.07) is 7.06. The second-order valence-electron chi connectivity index (χ2n) is 4.73. The van der Waals surface area contributed by atoms with E-state index in [4.69, 9.17) is 0 Å². The number of fused-ring (bicyclic) bond motifs is 1. The largest absolute Gasteiger partial charge is 0.494 e. The van der Waals surface area contributed by atoms with E-state index >= 15 is 0 Å². The lowest BCUT2D eigenvalue weighted by molar-refractivity contribution is 0.452. The molecule has 0 saturated heterocycles. The Morgan fingerprint density at radius 2 is 2.17 bits per heavy atom. The number of hydrogen-bond acceptors (Lipinski definition) is 7. The van der Waals surface area contributed by atoms with Crippen molar-refractivity contribution in [1.29, 1.82) is 0 Å². The Morgan fingerprint density at radius 1 is 1.39 bits per heavy atom. The van der Waals surface area contributed by atoms with E-state index in [2.05, 4.69) is 26.3 Å². The summed E-state index contributed by atoms with van der Waals surface area (Å²) in [6.07, 6.45) is 2.56. The number of pyridine rings is 1. The van der Waals surface area contributed by atoms with Gasteiger partial charge in [-0.15, -0.1) is 0 Å². The Labute approximate surface area is 140 Å². The molecule has 0 aliphatic carbocycles. The van der Waals surface area contributed by atoms with Crippen molar-refractivity contribution in [2.75, 3.05) is 5.75 Å². The van der Waals surface area contributed by atoms with Crippen LogP contribution < -0.4 is 5.56 Å². The zero-order valence-corrected chi connectivity index (χ0v) is 13.9. The number of aromatic hydroxyl groups is 1. The van der Waals surface area contributed by atoms with Crippen molar-refractivity contribution in [3.63, 3.8) is 0 Å². The second kappa shape index (κ2) is 6.93. The average molecular weight is 346 g/mol. The fourth-order valence-corrected chi connectivity index (χ4v) is 3.39. The summed E-state index contributed by atoms with van der Waals surface area (Å²) in [6.45, 7) is 2.10. The van der Waals surface area contributed by atoms with Crippen LogP contribution in [-0.4, -0.2) is 31.4 Å². The zero-order valence-electron chi connectivity index (χ0n) is 12.3. The lowest BCUT2D eigenvalue weighted by Crippen LogP contribution is -2.07. The van der Waals surface area contributed by atoms with Gasteiger partial charge in [0.15, 0.2) is 0 Å². The number of aromatic nitrogens is 3. The van der Waals surface area contributed by atoms with Gasteiger partial charge in [-0.05, 0) is 12.5 Å². The van der Waals surface area contributed by atoms with Gasteiger partial charge >= 0.3 is 0 Å². The fraction of sp³-hybridized carbons (Fsp3) is 0.200. The summed E-state index contributed by atoms with van der Waals surface area (Å²) in [5.41, 5.74) is 0.127. The number of benzene rings is 1. The molecule has 0 aliphatic heterocycles. The molecule has 2 heterocycles. The average Bonchev–Trinajstić information content (AvgIpc) is 3.00. The van der Waals surface area contributed by atoms with Crippen molar-refractivity contribution in [3.8, 4) is 5.88 Å². The molecule has 0 aliphatic rings. The molecule has 23 heavy (non-hydrogen) atoms. The van der Waals surface area contributed by atoms with E-state index in [0.29, 0.717) is 26.6 Å². The van der Waals surface area contributed by atoms with Crippen LogP contribution in [0.1, 0.15) is 18.9 Å². The third-order valence-corrected chi connectivity index (χ3v) is 4.88. The number of H-pyrrole nitrogens is 1. The standard InChI is InChI=1S/C15H14N4O2S2/c1-2-7-22-15-18-14(23-19-15)16-8-11-9-5-3-4-6-10(9)12(20)17-13(11)21/h3-6,8H,2,7H2,1H3,(H2,17,20,21)/b16-8+. The maximum absolute atomic E-state index is 11.8. The number of hydrogen-bond donors (Lipinski definition) is 2. The molecule has 0 unspecified atom stereocenters. The molecule has 0 saturated carbocycles. The minimum atomic E-state index is -0.329. The highest BCUT2D eigenvalue weighted by atomic mass is 32.2. The Bertz CT molecular complexity index is 917. The van der Waals surface area contributed by atoms with Crippen molar-refractivity contribution in [2.24, 2.45) is 4.99 Å². The molecule has 2 N–H and O–H groups in total. The Balaban J connectivity index is 1.95. The number of aromatic amines is 1. The van der Waals surface area contributed by atoms with E-state index in [-0.39, 0.29) is 11.4 Å². The van der Waals surface area contributed by atoms with Crippen LogP contribution in [0.15, 0.2) is 39.2 Å². The third kappa shape index (κ3) is 3.43. The first kappa shape index (κ1) is 15.7. The number of nitrogens with one attached hydrogen (secondary N) is 1. The molecule has 0 amide bonds. The number of thioether (sulfide) groups is 1. The molecule has 0 fully saturated rings. The molecule has 118 valence electrons. The summed E-state index contributed by atoms with van der Waals surface area (Å²) in [5.74, 6) is 0.758. The highest BCUT2D eigenvalue weighted by Gasteiger charge is 2.09. The first-order valence-corrected chi connectivity index (χ1v) is 8.79. The summed E-state index contributed by atoms with van der Waals surface area (Å²) >= 11 is 2.79. The molecule has 0 radical (unpaired) electrons. The van der Waals surface area contributed by atoms with E-state index in [1.165, 1.54) is 17.7 Å². The summed E-state index contributed by atoms with van der Waals surface area (Å²) in [4.78, 5) is 22.8. The molecule has 3 aromatic rings. The van der Waals surface area contributed by atoms with Gasteiger partial charge in [-0.1, -0.05) is 36.9 Å². The predicted octanol–water partition coefficient (Wildman–Crippen LogP) is 3.34. The van der Waals surface area contributed by atoms with E-state index in [9.17, 15) is 9.90 Å². The lowest BCUT2D eigenvalue weighted by Gasteiger charge is -2.03. The zero-order chi connectivity index (χ0) is 16.2. The van der Waals surface area contributed by atoms with Gasteiger partial charge in [-0.2, -0.15) is 9.36 Å². The first-order valence-electron chi connectivity index (χ1n) is 7.03. The van der Waals surface area contributed by atoms with Crippen LogP contribution in [-0.2, 0) is 0 Å². The second-order valence-corrected chi connectivity index (χ2v) is 6.52. The maximum atomic E-state index is 11.8. The molecule has 0 bridgehead atoms. The molecular weight excluding hydrogens is 332 g/mol. The molecule has 3 rings (SSSR count). The lowest BCUT2D eigenvalue weighted by atomic mass is 10.1. The monoisotopic (exact) mass is 346 g/mol. The van der Waals surface area contributed by atoms with Crippen molar-refractivity contribution >= 4 is 45.4 Å². The predicted molar refractivity (Wildman–Crippen MR) is 94.4 cm³/mol. The number of nitrogens with zero attached hydrogens (tertiary/aromatic N) is 3. The first-order chi connectivity index (χ1) is 11.2. The topological polar surface area (TPSA) is 91.2 Å². The molecule has 6 nitrogen and oxygen atoms in total. The van der Waals surface area contributed by atoms with Crippen LogP contribution in [0.5, 0.6) is 5.88 Å². The summed E-state index contributed by atoms with van der Waals surface area (Å²) in [5, 5.41) is 12.4. The maximum Gasteiger partial charge on any atom is 0.258 e. The van der Waals surface area contributed by atoms with Crippen molar-refractivity contribution < 1.29 is 5.11 Å². The molecule has 1 aromatic carbocycles. The van der Waals surface area contributed by atoms with Gasteiger partial charge in [0, 0.05) is 34.3 Å².